The molecule has 0 aliphatic carbocycles. The molecule has 0 aromatic heterocycles. The van der Waals surface area contributed by atoms with E-state index in [4.69, 9.17) is 10.4 Å². The van der Waals surface area contributed by atoms with Crippen molar-refractivity contribution in [1.82, 2.24) is 5.48 Å². The van der Waals surface area contributed by atoms with Gasteiger partial charge in [0.25, 0.3) is 0 Å². The van der Waals surface area contributed by atoms with Crippen LogP contribution in [0.1, 0.15) is 6.92 Å². The molecule has 52 valence electrons. The number of hydroxylamine groups is 1. The molecule has 0 saturated heterocycles. The highest BCUT2D eigenvalue weighted by Gasteiger charge is 1.98. The lowest BCUT2D eigenvalue weighted by Gasteiger charge is -1.97. The van der Waals surface area contributed by atoms with Crippen molar-refractivity contribution in [3.8, 4) is 0 Å². The Labute approximate surface area is 52.7 Å². The first kappa shape index (κ1) is 7.90. The van der Waals surface area contributed by atoms with Gasteiger partial charge in [0.15, 0.2) is 5.84 Å². The molecule has 0 aromatic carbocycles. The molecular formula is C4H9N3O2. The molecule has 0 amide bonds. The molecule has 9 heavy (non-hydrogen) atoms. The van der Waals surface area contributed by atoms with Gasteiger partial charge in [-0.05, 0) is 6.92 Å². The zero-order valence-corrected chi connectivity index (χ0v) is 5.29. The molecular weight excluding hydrogens is 122 g/mol. The van der Waals surface area contributed by atoms with E-state index in [-0.39, 0.29) is 11.5 Å². The van der Waals surface area contributed by atoms with Crippen molar-refractivity contribution in [3.05, 3.63) is 0 Å². The fourth-order valence-electron chi connectivity index (χ4n) is 0.340. The molecule has 0 heterocycles. The number of amidine groups is 1. The standard InChI is InChI=1S/C4H9N3O2/c1-3(6-8)4(5-2)7-9/h8-9H,1-2H3,(H,5,7)/b6-3+. The van der Waals surface area contributed by atoms with Crippen LogP contribution in [0.4, 0.5) is 0 Å². The number of rotatable bonds is 1. The first-order valence-corrected chi connectivity index (χ1v) is 2.32. The van der Waals surface area contributed by atoms with E-state index >= 15 is 0 Å². The van der Waals surface area contributed by atoms with Gasteiger partial charge in [-0.3, -0.25) is 15.7 Å². The molecule has 0 rings (SSSR count). The Hall–Kier alpha value is -1.10. The molecule has 0 bridgehead atoms. The van der Waals surface area contributed by atoms with Crippen molar-refractivity contribution >= 4 is 11.5 Å². The lowest BCUT2D eigenvalue weighted by Crippen LogP contribution is -2.26. The molecule has 0 aliphatic rings. The van der Waals surface area contributed by atoms with Gasteiger partial charge in [-0.1, -0.05) is 5.16 Å². The zero-order valence-electron chi connectivity index (χ0n) is 5.29. The highest BCUT2D eigenvalue weighted by atomic mass is 16.5. The summed E-state index contributed by atoms with van der Waals surface area (Å²) >= 11 is 0. The van der Waals surface area contributed by atoms with E-state index in [0.717, 1.165) is 0 Å². The normalized spacial score (nSPS) is 13.7. The zero-order chi connectivity index (χ0) is 7.28. The van der Waals surface area contributed by atoms with Gasteiger partial charge in [-0.15, -0.1) is 0 Å². The second-order valence-electron chi connectivity index (χ2n) is 1.37. The van der Waals surface area contributed by atoms with E-state index in [1.165, 1.54) is 14.0 Å². The average Bonchev–Trinajstić information content (AvgIpc) is 1.90. The molecule has 5 nitrogen and oxygen atoms in total. The molecule has 0 unspecified atom stereocenters. The number of hydrogen-bond acceptors (Lipinski definition) is 4. The van der Waals surface area contributed by atoms with Crippen LogP contribution in [0.3, 0.4) is 0 Å². The number of aliphatic imine (C=N–C) groups is 1. The van der Waals surface area contributed by atoms with Crippen molar-refractivity contribution < 1.29 is 10.4 Å². The molecule has 0 aromatic rings. The minimum Gasteiger partial charge on any atom is -0.411 e. The fraction of sp³-hybridized carbons (Fsp3) is 0.500. The van der Waals surface area contributed by atoms with Gasteiger partial charge >= 0.3 is 0 Å². The number of oxime groups is 1. The molecule has 0 saturated carbocycles. The third kappa shape index (κ3) is 2.09. The van der Waals surface area contributed by atoms with E-state index in [2.05, 4.69) is 10.1 Å². The Bertz CT molecular complexity index is 141. The smallest absolute Gasteiger partial charge is 0.169 e. The third-order valence-electron chi connectivity index (χ3n) is 0.822. The number of nitrogens with zero attached hydrogens (tertiary/aromatic N) is 2. The van der Waals surface area contributed by atoms with Gasteiger partial charge in [0, 0.05) is 7.05 Å². The third-order valence-corrected chi connectivity index (χ3v) is 0.822. The number of hydrogen-bond donors (Lipinski definition) is 3. The van der Waals surface area contributed by atoms with Crippen LogP contribution in [0, 0.1) is 0 Å². The SMILES string of the molecule is CN=C(NO)/C(C)=N/O. The summed E-state index contributed by atoms with van der Waals surface area (Å²) in [5.41, 5.74) is 2.00. The molecule has 0 fully saturated rings. The lowest BCUT2D eigenvalue weighted by atomic mass is 10.4. The maximum absolute atomic E-state index is 8.25. The molecule has 3 N–H and O–H groups in total. The Kier molecular flexibility index (Phi) is 3.38. The minimum atomic E-state index is 0.150. The van der Waals surface area contributed by atoms with E-state index in [0.29, 0.717) is 0 Å². The van der Waals surface area contributed by atoms with Crippen LogP contribution < -0.4 is 5.48 Å². The van der Waals surface area contributed by atoms with Gasteiger partial charge < -0.3 is 5.21 Å². The summed E-state index contributed by atoms with van der Waals surface area (Å²) in [5, 5.41) is 19.2. The monoisotopic (exact) mass is 131 g/mol. The van der Waals surface area contributed by atoms with Gasteiger partial charge in [0.05, 0.1) is 0 Å². The predicted octanol–water partition coefficient (Wildman–Crippen LogP) is -0.156. The Balaban J connectivity index is 4.14. The quantitative estimate of drug-likeness (QED) is 0.200. The van der Waals surface area contributed by atoms with Gasteiger partial charge in [-0.2, -0.15) is 0 Å². The van der Waals surface area contributed by atoms with Crippen molar-refractivity contribution in [3.63, 3.8) is 0 Å². The minimum absolute atomic E-state index is 0.150. The summed E-state index contributed by atoms with van der Waals surface area (Å²) in [6.45, 7) is 1.51. The summed E-state index contributed by atoms with van der Waals surface area (Å²) in [5.74, 6) is 0.150. The molecule has 0 aliphatic heterocycles. The van der Waals surface area contributed by atoms with Crippen molar-refractivity contribution in [2.24, 2.45) is 10.1 Å². The maximum Gasteiger partial charge on any atom is 0.169 e. The highest BCUT2D eigenvalue weighted by molar-refractivity contribution is 6.39. The van der Waals surface area contributed by atoms with Crippen molar-refractivity contribution in [2.75, 3.05) is 7.05 Å². The van der Waals surface area contributed by atoms with Crippen LogP contribution in [0.15, 0.2) is 10.1 Å². The summed E-state index contributed by atoms with van der Waals surface area (Å²) < 4.78 is 0. The maximum atomic E-state index is 8.25. The number of nitrogens with one attached hydrogen (secondary N) is 1. The van der Waals surface area contributed by atoms with E-state index < -0.39 is 0 Å². The van der Waals surface area contributed by atoms with Crippen LogP contribution in [0.25, 0.3) is 0 Å². The van der Waals surface area contributed by atoms with Crippen LogP contribution >= 0.6 is 0 Å². The van der Waals surface area contributed by atoms with E-state index in [9.17, 15) is 0 Å². The fourth-order valence-corrected chi connectivity index (χ4v) is 0.340. The average molecular weight is 131 g/mol. The van der Waals surface area contributed by atoms with Gasteiger partial charge in [0.2, 0.25) is 0 Å². The Morgan fingerprint density at radius 3 is 2.22 bits per heavy atom. The first-order chi connectivity index (χ1) is 4.26. The van der Waals surface area contributed by atoms with Gasteiger partial charge in [-0.25, -0.2) is 0 Å². The van der Waals surface area contributed by atoms with Crippen molar-refractivity contribution in [2.45, 2.75) is 6.92 Å². The molecule has 5 heteroatoms. The molecule has 0 atom stereocenters. The summed E-state index contributed by atoms with van der Waals surface area (Å²) in [6.07, 6.45) is 0. The van der Waals surface area contributed by atoms with Crippen LogP contribution in [0.2, 0.25) is 0 Å². The van der Waals surface area contributed by atoms with Crippen LogP contribution in [-0.2, 0) is 0 Å². The molecule has 0 radical (unpaired) electrons. The van der Waals surface area contributed by atoms with Crippen molar-refractivity contribution in [1.29, 1.82) is 0 Å². The lowest BCUT2D eigenvalue weighted by molar-refractivity contribution is 0.235. The second kappa shape index (κ2) is 3.85. The summed E-state index contributed by atoms with van der Waals surface area (Å²) in [7, 11) is 1.47. The van der Waals surface area contributed by atoms with E-state index in [1.807, 2.05) is 0 Å². The predicted molar refractivity (Wildman–Crippen MR) is 33.2 cm³/mol. The Morgan fingerprint density at radius 1 is 1.56 bits per heavy atom. The summed E-state index contributed by atoms with van der Waals surface area (Å²) in [6, 6.07) is 0. The van der Waals surface area contributed by atoms with Crippen LogP contribution in [0.5, 0.6) is 0 Å². The Morgan fingerprint density at radius 2 is 2.11 bits per heavy atom. The second-order valence-corrected chi connectivity index (χ2v) is 1.37. The van der Waals surface area contributed by atoms with Crippen LogP contribution in [-0.4, -0.2) is 29.0 Å². The van der Waals surface area contributed by atoms with Gasteiger partial charge in [0.1, 0.15) is 5.71 Å². The first-order valence-electron chi connectivity index (χ1n) is 2.32. The topological polar surface area (TPSA) is 77.2 Å². The largest absolute Gasteiger partial charge is 0.411 e. The summed E-state index contributed by atoms with van der Waals surface area (Å²) in [4.78, 5) is 3.54. The van der Waals surface area contributed by atoms with E-state index in [1.54, 1.807) is 5.48 Å². The molecule has 0 spiro atoms. The highest BCUT2D eigenvalue weighted by Crippen LogP contribution is 1.76.